The van der Waals surface area contributed by atoms with Gasteiger partial charge >= 0.3 is 5.97 Å². The molecule has 63 heavy (non-hydrogen) atoms. The van der Waals surface area contributed by atoms with Crippen molar-refractivity contribution in [3.63, 3.8) is 0 Å². The van der Waals surface area contributed by atoms with E-state index in [1.807, 2.05) is 57.2 Å². The van der Waals surface area contributed by atoms with E-state index in [9.17, 15) is 19.6 Å². The maximum absolute atomic E-state index is 13.9. The highest BCUT2D eigenvalue weighted by atomic mass is 32.1. The van der Waals surface area contributed by atoms with Crippen LogP contribution in [0, 0.1) is 22.7 Å². The van der Waals surface area contributed by atoms with Gasteiger partial charge in [-0.15, -0.1) is 11.3 Å². The molecule has 4 atom stereocenters. The van der Waals surface area contributed by atoms with Gasteiger partial charge in [-0.05, 0) is 101 Å². The van der Waals surface area contributed by atoms with Crippen molar-refractivity contribution in [2.45, 2.75) is 109 Å². The summed E-state index contributed by atoms with van der Waals surface area (Å²) in [6, 6.07) is 14.7. The molecule has 4 aromatic rings. The predicted octanol–water partition coefficient (Wildman–Crippen LogP) is 5.95. The SMILES string of the molecule is CC(C)C(C(=O)N1CCC[C@H]1C(=O)OCc1ccccc1)c1cc(OCCCCN2CCCN(c3ccnc(C(=N)NC(=O)[C@@]4(C)CCCc5sc(N)c(C#N)c54)n3)[C@@H](C)C2)no1. The Bertz CT molecular complexity index is 2310. The van der Waals surface area contributed by atoms with Crippen LogP contribution in [0.15, 0.2) is 53.2 Å². The van der Waals surface area contributed by atoms with Crippen LogP contribution in [-0.2, 0) is 37.6 Å². The van der Waals surface area contributed by atoms with Crippen LogP contribution < -0.4 is 20.7 Å². The Labute approximate surface area is 372 Å². The van der Waals surface area contributed by atoms with E-state index in [1.165, 1.54) is 11.3 Å². The van der Waals surface area contributed by atoms with Crippen LogP contribution in [-0.4, -0.2) is 100.0 Å². The van der Waals surface area contributed by atoms with Crippen LogP contribution in [0.5, 0.6) is 5.88 Å². The van der Waals surface area contributed by atoms with Crippen molar-refractivity contribution in [1.82, 2.24) is 30.2 Å². The van der Waals surface area contributed by atoms with Crippen LogP contribution in [0.3, 0.4) is 0 Å². The molecular formula is C46H58N10O6S. The fraction of sp³-hybridized carbons (Fsp3) is 0.522. The Balaban J connectivity index is 0.867. The number of amidine groups is 1. The molecule has 3 aliphatic rings. The first kappa shape index (κ1) is 45.2. The second kappa shape index (κ2) is 20.1. The van der Waals surface area contributed by atoms with Crippen molar-refractivity contribution in [3.8, 4) is 11.9 Å². The van der Waals surface area contributed by atoms with Crippen LogP contribution in [0.4, 0.5) is 10.8 Å². The molecule has 2 aliphatic heterocycles. The molecule has 334 valence electrons. The van der Waals surface area contributed by atoms with Gasteiger partial charge in [-0.3, -0.25) is 15.0 Å². The number of carbonyl (C=O) groups excluding carboxylic acids is 3. The number of anilines is 2. The summed E-state index contributed by atoms with van der Waals surface area (Å²) in [6.07, 6.45) is 7.62. The Kier molecular flexibility index (Phi) is 14.4. The van der Waals surface area contributed by atoms with Gasteiger partial charge in [0.25, 0.3) is 5.88 Å². The Morgan fingerprint density at radius 3 is 2.71 bits per heavy atom. The smallest absolute Gasteiger partial charge is 0.329 e. The fourth-order valence-electron chi connectivity index (χ4n) is 9.17. The minimum atomic E-state index is -0.994. The van der Waals surface area contributed by atoms with E-state index < -0.39 is 23.3 Å². The first-order valence-electron chi connectivity index (χ1n) is 22.0. The molecule has 0 spiro atoms. The van der Waals surface area contributed by atoms with Crippen LogP contribution in [0.2, 0.25) is 0 Å². The van der Waals surface area contributed by atoms with Crippen LogP contribution in [0.1, 0.15) is 112 Å². The standard InChI is InChI=1S/C46H58N10O6S/c1-29(2)38(43(57)56-22-11-15-33(56)44(58)61-28-31-13-6-5-7-14-31)34-25-37(53-62-34)60-24-9-8-20-54-21-12-23-55(30(3)27-54)36-17-19-50-42(51-36)40(48)52-45(59)46(4)18-10-16-35-39(46)32(26-47)41(49)63-35/h5-7,13-14,17,19,25,29-30,33,38H,8-12,15-16,18,20-24,27-28,49H2,1-4H3,(H2,48,52,59)/t30-,33-,38?,46-/m0/s1. The molecule has 0 saturated carbocycles. The molecule has 0 radical (unpaired) electrons. The van der Waals surface area contributed by atoms with E-state index in [2.05, 4.69) is 38.3 Å². The molecule has 3 aromatic heterocycles. The summed E-state index contributed by atoms with van der Waals surface area (Å²) >= 11 is 1.37. The minimum absolute atomic E-state index is 0.101. The number of nitrogens with one attached hydrogen (secondary N) is 2. The van der Waals surface area contributed by atoms with Crippen LogP contribution in [0.25, 0.3) is 0 Å². The highest BCUT2D eigenvalue weighted by Crippen LogP contribution is 2.45. The van der Waals surface area contributed by atoms with Gasteiger partial charge in [-0.1, -0.05) is 44.2 Å². The third-order valence-electron chi connectivity index (χ3n) is 12.5. The summed E-state index contributed by atoms with van der Waals surface area (Å²) < 4.78 is 17.3. The first-order valence-corrected chi connectivity index (χ1v) is 22.8. The summed E-state index contributed by atoms with van der Waals surface area (Å²) in [5.74, 6) is -0.275. The lowest BCUT2D eigenvalue weighted by atomic mass is 9.72. The number of ether oxygens (including phenoxy) is 2. The van der Waals surface area contributed by atoms with Gasteiger partial charge in [0.05, 0.1) is 17.6 Å². The Morgan fingerprint density at radius 1 is 1.13 bits per heavy atom. The molecule has 17 heteroatoms. The van der Waals surface area contributed by atoms with Crippen molar-refractivity contribution in [2.75, 3.05) is 50.0 Å². The van der Waals surface area contributed by atoms with E-state index in [4.69, 9.17) is 30.1 Å². The number of aryl methyl sites for hydroxylation is 1. The molecule has 1 unspecified atom stereocenters. The monoisotopic (exact) mass is 878 g/mol. The second-order valence-electron chi connectivity index (χ2n) is 17.3. The fourth-order valence-corrected chi connectivity index (χ4v) is 10.4. The molecule has 4 N–H and O–H groups in total. The topological polar surface area (TPSA) is 217 Å². The van der Waals surface area contributed by atoms with Crippen molar-refractivity contribution >= 4 is 45.8 Å². The zero-order chi connectivity index (χ0) is 44.7. The summed E-state index contributed by atoms with van der Waals surface area (Å²) in [6.45, 7) is 12.4. The number of benzene rings is 1. The largest absolute Gasteiger partial charge is 0.476 e. The highest BCUT2D eigenvalue weighted by Gasteiger charge is 2.44. The van der Waals surface area contributed by atoms with Crippen molar-refractivity contribution in [3.05, 3.63) is 81.8 Å². The van der Waals surface area contributed by atoms with Gasteiger partial charge < -0.3 is 39.7 Å². The third-order valence-corrected chi connectivity index (χ3v) is 13.6. The molecular weight excluding hydrogens is 821 g/mol. The number of nitrogens with zero attached hydrogens (tertiary/aromatic N) is 7. The number of nitrogen functional groups attached to an aromatic ring is 1. The van der Waals surface area contributed by atoms with Gasteiger partial charge in [-0.25, -0.2) is 14.8 Å². The van der Waals surface area contributed by atoms with E-state index >= 15 is 0 Å². The maximum atomic E-state index is 13.9. The van der Waals surface area contributed by atoms with Gasteiger partial charge in [0.1, 0.15) is 35.5 Å². The maximum Gasteiger partial charge on any atom is 0.329 e. The zero-order valence-corrected chi connectivity index (χ0v) is 37.4. The molecule has 0 bridgehead atoms. The number of rotatable bonds is 15. The number of fused-ring (bicyclic) bond motifs is 1. The number of unbranched alkanes of at least 4 members (excludes halogenated alkanes) is 1. The normalized spacial score (nSPS) is 20.7. The number of carbonyl (C=O) groups is 3. The zero-order valence-electron chi connectivity index (χ0n) is 36.6. The number of hydrogen-bond acceptors (Lipinski definition) is 15. The number of amides is 2. The Morgan fingerprint density at radius 2 is 1.94 bits per heavy atom. The average Bonchev–Trinajstić information content (AvgIpc) is 4.00. The van der Waals surface area contributed by atoms with E-state index in [1.54, 1.807) is 17.2 Å². The quantitative estimate of drug-likeness (QED) is 0.0545. The minimum Gasteiger partial charge on any atom is -0.476 e. The lowest BCUT2D eigenvalue weighted by Gasteiger charge is -2.33. The Hall–Kier alpha value is -5.86. The number of likely N-dealkylation sites (tertiary alicyclic amines) is 1. The predicted molar refractivity (Wildman–Crippen MR) is 238 cm³/mol. The lowest BCUT2D eigenvalue weighted by molar-refractivity contribution is -0.155. The first-order chi connectivity index (χ1) is 30.4. The van der Waals surface area contributed by atoms with Crippen LogP contribution >= 0.6 is 11.3 Å². The second-order valence-corrected chi connectivity index (χ2v) is 18.5. The molecule has 2 amide bonds. The number of thiophene rings is 1. The van der Waals surface area contributed by atoms with Crippen molar-refractivity contribution in [2.24, 2.45) is 5.92 Å². The molecule has 1 aliphatic carbocycles. The number of nitrogens with two attached hydrogens (primary N) is 1. The van der Waals surface area contributed by atoms with Gasteiger partial charge in [0, 0.05) is 48.4 Å². The number of hydrogen-bond donors (Lipinski definition) is 3. The lowest BCUT2D eigenvalue weighted by Crippen LogP contribution is -2.47. The summed E-state index contributed by atoms with van der Waals surface area (Å²) in [7, 11) is 0. The average molecular weight is 879 g/mol. The molecule has 7 rings (SSSR count). The number of esters is 1. The number of nitriles is 1. The van der Waals surface area contributed by atoms with Gasteiger partial charge in [0.15, 0.2) is 17.4 Å². The van der Waals surface area contributed by atoms with Crippen molar-refractivity contribution in [1.29, 1.82) is 10.7 Å². The number of aromatic nitrogens is 3. The highest BCUT2D eigenvalue weighted by molar-refractivity contribution is 7.16. The van der Waals surface area contributed by atoms with E-state index in [0.717, 1.165) is 75.1 Å². The van der Waals surface area contributed by atoms with Gasteiger partial charge in [0.2, 0.25) is 11.8 Å². The third kappa shape index (κ3) is 10.2. The van der Waals surface area contributed by atoms with Gasteiger partial charge in [-0.2, -0.15) is 5.26 Å². The molecule has 2 fully saturated rings. The van der Waals surface area contributed by atoms with E-state index in [0.29, 0.717) is 59.6 Å². The molecule has 16 nitrogen and oxygen atoms in total. The molecule has 2 saturated heterocycles. The summed E-state index contributed by atoms with van der Waals surface area (Å²) in [5.41, 5.74) is 7.08. The molecule has 1 aromatic carbocycles. The van der Waals surface area contributed by atoms with E-state index in [-0.39, 0.29) is 42.0 Å². The summed E-state index contributed by atoms with van der Waals surface area (Å²) in [4.78, 5) is 57.0. The molecule has 5 heterocycles. The van der Waals surface area contributed by atoms with Crippen molar-refractivity contribution < 1.29 is 28.4 Å². The summed E-state index contributed by atoms with van der Waals surface area (Å²) in [5, 5.41) is 25.9.